The van der Waals surface area contributed by atoms with Crippen LogP contribution in [0.2, 0.25) is 0 Å². The van der Waals surface area contributed by atoms with Crippen LogP contribution >= 0.6 is 0 Å². The van der Waals surface area contributed by atoms with E-state index in [1.54, 1.807) is 0 Å². The van der Waals surface area contributed by atoms with Gasteiger partial charge in [-0.15, -0.1) is 48.3 Å². The zero-order valence-corrected chi connectivity index (χ0v) is 34.9. The summed E-state index contributed by atoms with van der Waals surface area (Å²) in [6.45, 7) is 8.80. The minimum absolute atomic E-state index is 0. The predicted molar refractivity (Wildman–Crippen MR) is 235 cm³/mol. The smallest absolute Gasteiger partial charge is 0.135 e. The summed E-state index contributed by atoms with van der Waals surface area (Å²) >= 11 is 0. The van der Waals surface area contributed by atoms with Crippen LogP contribution in [-0.2, 0) is 26.5 Å². The second-order valence-corrected chi connectivity index (χ2v) is 15.8. The van der Waals surface area contributed by atoms with E-state index in [0.717, 1.165) is 84.1 Å². The van der Waals surface area contributed by atoms with Gasteiger partial charge < -0.3 is 23.9 Å². The van der Waals surface area contributed by atoms with Crippen LogP contribution in [-0.4, -0.2) is 4.98 Å². The summed E-state index contributed by atoms with van der Waals surface area (Å²) in [4.78, 5) is 11.6. The summed E-state index contributed by atoms with van der Waals surface area (Å²) in [7, 11) is 0. The van der Waals surface area contributed by atoms with Crippen LogP contribution in [0.15, 0.2) is 168 Å². The number of anilines is 7. The van der Waals surface area contributed by atoms with Crippen LogP contribution < -0.4 is 19.4 Å². The van der Waals surface area contributed by atoms with E-state index in [0.29, 0.717) is 11.5 Å². The molecule has 7 heteroatoms. The van der Waals surface area contributed by atoms with Crippen molar-refractivity contribution in [2.24, 2.45) is 0 Å². The molecule has 9 aromatic rings. The monoisotopic (exact) mass is 944 g/mol. The average Bonchev–Trinajstić information content (AvgIpc) is 3.79. The average molecular weight is 945 g/mol. The van der Waals surface area contributed by atoms with Crippen molar-refractivity contribution < 1.29 is 30.2 Å². The van der Waals surface area contributed by atoms with Crippen molar-refractivity contribution >= 4 is 61.9 Å². The number of furan rings is 1. The fourth-order valence-corrected chi connectivity index (χ4v) is 8.26. The number of para-hydroxylation sites is 4. The molecule has 0 saturated heterocycles. The molecule has 11 rings (SSSR count). The van der Waals surface area contributed by atoms with E-state index in [2.05, 4.69) is 176 Å². The molecular weight excluding hydrogens is 908 g/mol. The molecular formula is C52H37N4O2Pt-3. The van der Waals surface area contributed by atoms with Gasteiger partial charge in [-0.3, -0.25) is 0 Å². The minimum Gasteiger partial charge on any atom is -0.509 e. The summed E-state index contributed by atoms with van der Waals surface area (Å²) in [5.41, 5.74) is 13.3. The van der Waals surface area contributed by atoms with Crippen molar-refractivity contribution in [1.29, 1.82) is 0 Å². The number of benzene rings is 7. The van der Waals surface area contributed by atoms with E-state index < -0.39 is 0 Å². The third-order valence-corrected chi connectivity index (χ3v) is 11.1. The first-order valence-electron chi connectivity index (χ1n) is 19.5. The molecule has 0 fully saturated rings. The summed E-state index contributed by atoms with van der Waals surface area (Å²) in [5, 5.41) is 2.18. The minimum atomic E-state index is -0.0585. The Kier molecular flexibility index (Phi) is 8.92. The normalized spacial score (nSPS) is 13.0. The maximum Gasteiger partial charge on any atom is 0.135 e. The molecule has 59 heavy (non-hydrogen) atoms. The van der Waals surface area contributed by atoms with Gasteiger partial charge in [-0.05, 0) is 71.1 Å². The molecule has 7 aromatic carbocycles. The van der Waals surface area contributed by atoms with E-state index in [-0.39, 0.29) is 26.5 Å². The number of hydrogen-bond donors (Lipinski definition) is 0. The van der Waals surface area contributed by atoms with Crippen molar-refractivity contribution in [3.63, 3.8) is 0 Å². The van der Waals surface area contributed by atoms with Crippen molar-refractivity contribution in [2.45, 2.75) is 26.2 Å². The van der Waals surface area contributed by atoms with Crippen molar-refractivity contribution in [2.75, 3.05) is 14.7 Å². The van der Waals surface area contributed by atoms with Gasteiger partial charge in [0, 0.05) is 72.2 Å². The topological polar surface area (TPSA) is 45.0 Å². The Balaban J connectivity index is 0.00000420. The molecule has 0 unspecified atom stereocenters. The first kappa shape index (κ1) is 36.7. The molecule has 0 atom stereocenters. The van der Waals surface area contributed by atoms with Crippen LogP contribution in [0.4, 0.5) is 39.9 Å². The number of pyridine rings is 1. The van der Waals surface area contributed by atoms with Gasteiger partial charge in [0.05, 0.1) is 5.69 Å². The molecule has 2 aliphatic heterocycles. The molecule has 6 nitrogen and oxygen atoms in total. The second-order valence-electron chi connectivity index (χ2n) is 15.8. The molecule has 0 aliphatic carbocycles. The fraction of sp³-hybridized carbons (Fsp3) is 0.0769. The van der Waals surface area contributed by atoms with Crippen LogP contribution in [0, 0.1) is 18.8 Å². The van der Waals surface area contributed by atoms with Gasteiger partial charge in [0.25, 0.3) is 0 Å². The Morgan fingerprint density at radius 1 is 0.576 bits per heavy atom. The van der Waals surface area contributed by atoms with E-state index in [9.17, 15) is 0 Å². The Hall–Kier alpha value is -6.62. The number of hydrogen-bond acceptors (Lipinski definition) is 6. The standard InChI is InChI=1S/C52H37N4O2.Pt/c1-52(2,3)34-27-28-53-51(29-34)56-45-19-8-6-17-41(45)39-15-4-5-16-40(39)42-25-24-38(32-48(42)56)57-37-14-12-13-35(30-37)54-33-55(47-21-10-9-20-46(47)54)36-23-26-50-44(31-36)43-18-7-11-22-49(43)58-50;/h4-29,31,33H,1-3H3;/q-3;. The summed E-state index contributed by atoms with van der Waals surface area (Å²) in [5.74, 6) is 1.98. The quantitative estimate of drug-likeness (QED) is 0.160. The number of rotatable bonds is 5. The van der Waals surface area contributed by atoms with Gasteiger partial charge in [0.2, 0.25) is 0 Å². The third kappa shape index (κ3) is 6.27. The van der Waals surface area contributed by atoms with Gasteiger partial charge in [0.1, 0.15) is 17.0 Å². The first-order chi connectivity index (χ1) is 28.4. The van der Waals surface area contributed by atoms with Crippen molar-refractivity contribution in [1.82, 2.24) is 4.98 Å². The van der Waals surface area contributed by atoms with E-state index in [1.165, 1.54) is 5.56 Å². The fourth-order valence-electron chi connectivity index (χ4n) is 8.26. The summed E-state index contributed by atoms with van der Waals surface area (Å²) in [6, 6.07) is 61.8. The number of aromatic nitrogens is 1. The molecule has 0 N–H and O–H groups in total. The van der Waals surface area contributed by atoms with Gasteiger partial charge in [-0.1, -0.05) is 105 Å². The zero-order chi connectivity index (χ0) is 39.0. The molecule has 4 heterocycles. The molecule has 0 bridgehead atoms. The van der Waals surface area contributed by atoms with E-state index >= 15 is 0 Å². The third-order valence-electron chi connectivity index (χ3n) is 11.1. The number of nitrogens with zero attached hydrogens (tertiary/aromatic N) is 4. The maximum absolute atomic E-state index is 6.68. The molecule has 0 saturated carbocycles. The second kappa shape index (κ2) is 14.3. The van der Waals surface area contributed by atoms with Crippen LogP contribution in [0.1, 0.15) is 26.3 Å². The predicted octanol–water partition coefficient (Wildman–Crippen LogP) is 14.2. The van der Waals surface area contributed by atoms with Crippen LogP contribution in [0.25, 0.3) is 44.2 Å². The first-order valence-corrected chi connectivity index (χ1v) is 19.5. The van der Waals surface area contributed by atoms with Gasteiger partial charge in [-0.2, -0.15) is 12.1 Å². The maximum atomic E-state index is 6.68. The summed E-state index contributed by atoms with van der Waals surface area (Å²) in [6.07, 6.45) is 1.91. The molecule has 2 aliphatic rings. The molecule has 0 spiro atoms. The van der Waals surface area contributed by atoms with Crippen molar-refractivity contribution in [3.05, 3.63) is 188 Å². The van der Waals surface area contributed by atoms with Crippen LogP contribution in [0.3, 0.4) is 0 Å². The van der Waals surface area contributed by atoms with Gasteiger partial charge in [0.15, 0.2) is 0 Å². The SMILES string of the molecule is CC(C)(C)c1ccnc(N2c3[c-]c(Oc4[c-]c(N5[CH-]N(c6ccc7oc8ccccc8c7c6)c6ccccc65)ccc4)ccc3-c3ccccc3-c3ccccc32)c1.[Pt]. The van der Waals surface area contributed by atoms with Crippen LogP contribution in [0.5, 0.6) is 11.5 Å². The largest absolute Gasteiger partial charge is 0.509 e. The molecule has 0 amide bonds. The molecule has 0 radical (unpaired) electrons. The van der Waals surface area contributed by atoms with Crippen molar-refractivity contribution in [3.8, 4) is 33.8 Å². The molecule has 290 valence electrons. The van der Waals surface area contributed by atoms with Gasteiger partial charge in [-0.25, -0.2) is 4.98 Å². The Labute approximate surface area is 358 Å². The molecule has 2 aromatic heterocycles. The Morgan fingerprint density at radius 2 is 1.25 bits per heavy atom. The van der Waals surface area contributed by atoms with Gasteiger partial charge >= 0.3 is 0 Å². The van der Waals surface area contributed by atoms with E-state index in [1.807, 2.05) is 42.6 Å². The Morgan fingerprint density at radius 3 is 2.07 bits per heavy atom. The number of fused-ring (bicyclic) bond motifs is 9. The van der Waals surface area contributed by atoms with E-state index in [4.69, 9.17) is 14.1 Å². The number of ether oxygens (including phenoxy) is 1. The summed E-state index contributed by atoms with van der Waals surface area (Å²) < 4.78 is 12.8. The Bertz CT molecular complexity index is 3060. The zero-order valence-electron chi connectivity index (χ0n) is 32.6.